The van der Waals surface area contributed by atoms with Crippen molar-refractivity contribution in [1.29, 1.82) is 0 Å². The number of carbonyl (C=O) groups excluding carboxylic acids is 2. The number of anilines is 1. The molecule has 2 amide bonds. The fourth-order valence-corrected chi connectivity index (χ4v) is 4.41. The lowest BCUT2D eigenvalue weighted by Gasteiger charge is -2.27. The van der Waals surface area contributed by atoms with Crippen molar-refractivity contribution in [3.8, 4) is 0 Å². The van der Waals surface area contributed by atoms with Crippen molar-refractivity contribution < 1.29 is 9.59 Å². The predicted octanol–water partition coefficient (Wildman–Crippen LogP) is 4.14. The average molecular weight is 423 g/mol. The minimum absolute atomic E-state index is 0.00162. The van der Waals surface area contributed by atoms with Gasteiger partial charge < -0.3 is 14.6 Å². The van der Waals surface area contributed by atoms with Gasteiger partial charge >= 0.3 is 0 Å². The van der Waals surface area contributed by atoms with Crippen LogP contribution in [-0.4, -0.2) is 44.9 Å². The molecule has 0 unspecified atom stereocenters. The average Bonchev–Trinajstić information content (AvgIpc) is 3.16. The van der Waals surface area contributed by atoms with Gasteiger partial charge in [0.05, 0.1) is 22.7 Å². The number of rotatable bonds is 6. The number of carbonyl (C=O) groups is 2. The lowest BCUT2D eigenvalue weighted by molar-refractivity contribution is -0.113. The van der Waals surface area contributed by atoms with E-state index in [0.29, 0.717) is 22.8 Å². The first-order chi connectivity index (χ1) is 14.6. The zero-order valence-electron chi connectivity index (χ0n) is 17.1. The Balaban J connectivity index is 1.34. The molecule has 1 fully saturated rings. The maximum Gasteiger partial charge on any atom is 0.255 e. The highest BCUT2D eigenvalue weighted by molar-refractivity contribution is 7.99. The Labute approximate surface area is 180 Å². The normalized spacial score (nSPS) is 14.1. The Hall–Kier alpha value is -2.80. The van der Waals surface area contributed by atoms with Gasteiger partial charge in [0.1, 0.15) is 5.65 Å². The van der Waals surface area contributed by atoms with E-state index in [1.165, 1.54) is 23.7 Å². The second-order valence-electron chi connectivity index (χ2n) is 7.64. The third kappa shape index (κ3) is 4.84. The maximum absolute atomic E-state index is 12.9. The number of likely N-dealkylation sites (tertiary alicyclic amines) is 1. The van der Waals surface area contributed by atoms with Crippen molar-refractivity contribution in [3.05, 3.63) is 65.6 Å². The van der Waals surface area contributed by atoms with Crippen LogP contribution in [0.2, 0.25) is 0 Å². The molecule has 6 nitrogen and oxygen atoms in total. The molecule has 3 aromatic rings. The van der Waals surface area contributed by atoms with E-state index in [4.69, 9.17) is 0 Å². The van der Waals surface area contributed by atoms with E-state index in [9.17, 15) is 9.59 Å². The molecule has 4 rings (SSSR count). The third-order valence-electron chi connectivity index (χ3n) is 5.21. The summed E-state index contributed by atoms with van der Waals surface area (Å²) in [4.78, 5) is 31.8. The number of nitrogens with one attached hydrogen (secondary N) is 1. The summed E-state index contributed by atoms with van der Waals surface area (Å²) in [6, 6.07) is 11.3. The van der Waals surface area contributed by atoms with Crippen LogP contribution in [0.15, 0.2) is 48.8 Å². The van der Waals surface area contributed by atoms with Crippen LogP contribution in [-0.2, 0) is 10.5 Å². The number of hydrogen-bond acceptors (Lipinski definition) is 4. The number of para-hydroxylation sites is 1. The van der Waals surface area contributed by atoms with Crippen LogP contribution in [0.1, 0.15) is 40.9 Å². The summed E-state index contributed by atoms with van der Waals surface area (Å²) in [6.45, 7) is 3.62. The van der Waals surface area contributed by atoms with Gasteiger partial charge in [-0.15, -0.1) is 11.8 Å². The quantitative estimate of drug-likeness (QED) is 0.648. The molecule has 1 N–H and O–H groups in total. The summed E-state index contributed by atoms with van der Waals surface area (Å²) in [5.41, 5.74) is 4.18. The highest BCUT2D eigenvalue weighted by atomic mass is 32.2. The molecule has 1 aliphatic heterocycles. The van der Waals surface area contributed by atoms with E-state index >= 15 is 0 Å². The molecule has 1 saturated heterocycles. The summed E-state index contributed by atoms with van der Waals surface area (Å²) in [7, 11) is 0. The Morgan fingerprint density at radius 2 is 1.87 bits per heavy atom. The molecule has 7 heteroatoms. The monoisotopic (exact) mass is 422 g/mol. The molecule has 0 bridgehead atoms. The van der Waals surface area contributed by atoms with E-state index in [1.807, 2.05) is 52.9 Å². The third-order valence-corrected chi connectivity index (χ3v) is 6.17. The van der Waals surface area contributed by atoms with Crippen molar-refractivity contribution in [1.82, 2.24) is 14.3 Å². The fraction of sp³-hybridized carbons (Fsp3) is 0.348. The van der Waals surface area contributed by atoms with Gasteiger partial charge in [0.15, 0.2) is 0 Å². The summed E-state index contributed by atoms with van der Waals surface area (Å²) in [5.74, 6) is 0.846. The van der Waals surface area contributed by atoms with E-state index in [-0.39, 0.29) is 11.8 Å². The van der Waals surface area contributed by atoms with Crippen molar-refractivity contribution in [2.75, 3.05) is 24.2 Å². The Kier molecular flexibility index (Phi) is 6.38. The Morgan fingerprint density at radius 1 is 1.07 bits per heavy atom. The van der Waals surface area contributed by atoms with Gasteiger partial charge in [-0.25, -0.2) is 4.98 Å². The van der Waals surface area contributed by atoms with Crippen LogP contribution in [0.5, 0.6) is 0 Å². The highest BCUT2D eigenvalue weighted by Crippen LogP contribution is 2.21. The van der Waals surface area contributed by atoms with Gasteiger partial charge in [-0.2, -0.15) is 0 Å². The zero-order chi connectivity index (χ0) is 20.9. The van der Waals surface area contributed by atoms with Crippen molar-refractivity contribution >= 4 is 34.9 Å². The van der Waals surface area contributed by atoms with Gasteiger partial charge in [-0.3, -0.25) is 9.59 Å². The Bertz CT molecular complexity index is 1060. The summed E-state index contributed by atoms with van der Waals surface area (Å²) < 4.78 is 2.01. The minimum Gasteiger partial charge on any atom is -0.339 e. The van der Waals surface area contributed by atoms with Crippen molar-refractivity contribution in [2.45, 2.75) is 31.9 Å². The van der Waals surface area contributed by atoms with Crippen LogP contribution in [0, 0.1) is 6.92 Å². The molecule has 156 valence electrons. The molecule has 0 radical (unpaired) electrons. The van der Waals surface area contributed by atoms with E-state index < -0.39 is 0 Å². The van der Waals surface area contributed by atoms with E-state index in [0.717, 1.165) is 37.3 Å². The van der Waals surface area contributed by atoms with Gasteiger partial charge in [-0.05, 0) is 49.9 Å². The maximum atomic E-state index is 12.9. The van der Waals surface area contributed by atoms with Crippen LogP contribution in [0.3, 0.4) is 0 Å². The number of benzene rings is 1. The largest absolute Gasteiger partial charge is 0.339 e. The first-order valence-electron chi connectivity index (χ1n) is 10.3. The number of thioether (sulfide) groups is 1. The second kappa shape index (κ2) is 9.34. The number of fused-ring (bicyclic) bond motifs is 1. The summed E-state index contributed by atoms with van der Waals surface area (Å²) in [6.07, 6.45) is 7.30. The number of aromatic nitrogens is 2. The lowest BCUT2D eigenvalue weighted by atomic mass is 10.1. The molecular formula is C23H26N4O2S. The number of hydrogen-bond donors (Lipinski definition) is 1. The molecule has 0 spiro atoms. The topological polar surface area (TPSA) is 66.7 Å². The van der Waals surface area contributed by atoms with Crippen molar-refractivity contribution in [3.63, 3.8) is 0 Å². The smallest absolute Gasteiger partial charge is 0.255 e. The molecule has 3 heterocycles. The fourth-order valence-electron chi connectivity index (χ4n) is 3.71. The number of imidazole rings is 1. The molecular weight excluding hydrogens is 396 g/mol. The SMILES string of the molecule is Cc1ccc2nc(CSCC(=O)Nc3ccccc3C(=O)N3CCCCC3)cn2c1. The number of pyridine rings is 1. The molecule has 2 aromatic heterocycles. The molecule has 0 atom stereocenters. The lowest BCUT2D eigenvalue weighted by Crippen LogP contribution is -2.36. The summed E-state index contributed by atoms with van der Waals surface area (Å²) >= 11 is 1.51. The van der Waals surface area contributed by atoms with Crippen LogP contribution in [0.4, 0.5) is 5.69 Å². The number of nitrogens with zero attached hydrogens (tertiary/aromatic N) is 3. The molecule has 1 aromatic carbocycles. The van der Waals surface area contributed by atoms with Crippen LogP contribution >= 0.6 is 11.8 Å². The molecule has 30 heavy (non-hydrogen) atoms. The standard InChI is InChI=1S/C23H26N4O2S/c1-17-9-10-21-24-18(14-27(21)13-17)15-30-16-22(28)25-20-8-4-3-7-19(20)23(29)26-11-5-2-6-12-26/h3-4,7-10,13-14H,2,5-6,11-12,15-16H2,1H3,(H,25,28). The first kappa shape index (κ1) is 20.5. The predicted molar refractivity (Wildman–Crippen MR) is 121 cm³/mol. The Morgan fingerprint density at radius 3 is 2.70 bits per heavy atom. The molecule has 0 aliphatic carbocycles. The number of aryl methyl sites for hydroxylation is 1. The summed E-state index contributed by atoms with van der Waals surface area (Å²) in [5, 5.41) is 2.92. The van der Waals surface area contributed by atoms with Gasteiger partial charge in [0.2, 0.25) is 5.91 Å². The highest BCUT2D eigenvalue weighted by Gasteiger charge is 2.21. The number of amides is 2. The van der Waals surface area contributed by atoms with E-state index in [2.05, 4.69) is 10.3 Å². The second-order valence-corrected chi connectivity index (χ2v) is 8.63. The van der Waals surface area contributed by atoms with Crippen LogP contribution < -0.4 is 5.32 Å². The molecule has 0 saturated carbocycles. The zero-order valence-corrected chi connectivity index (χ0v) is 18.0. The molecule has 1 aliphatic rings. The van der Waals surface area contributed by atoms with Gasteiger partial charge in [-0.1, -0.05) is 18.2 Å². The van der Waals surface area contributed by atoms with Crippen LogP contribution in [0.25, 0.3) is 5.65 Å². The first-order valence-corrected chi connectivity index (χ1v) is 11.5. The van der Waals surface area contributed by atoms with Crippen molar-refractivity contribution in [2.24, 2.45) is 0 Å². The van der Waals surface area contributed by atoms with Gasteiger partial charge in [0, 0.05) is 31.2 Å². The van der Waals surface area contributed by atoms with E-state index in [1.54, 1.807) is 12.1 Å². The van der Waals surface area contributed by atoms with Gasteiger partial charge in [0.25, 0.3) is 5.91 Å². The minimum atomic E-state index is -0.112. The number of piperidine rings is 1.